The standard InChI is InChI=1S/C20H38O4/c1-6-18(15-20(22)24-17(4)5)13-11-9-7-8-10-12-14-19(21)23-16(2)3/h16-18H,6-15H2,1-5H3. The van der Waals surface area contributed by atoms with Crippen LogP contribution in [0.5, 0.6) is 0 Å². The molecule has 0 radical (unpaired) electrons. The molecule has 0 amide bonds. The predicted molar refractivity (Wildman–Crippen MR) is 97.8 cm³/mol. The maximum atomic E-state index is 11.7. The van der Waals surface area contributed by atoms with Crippen LogP contribution in [0.3, 0.4) is 0 Å². The average Bonchev–Trinajstić information content (AvgIpc) is 2.47. The summed E-state index contributed by atoms with van der Waals surface area (Å²) in [6.45, 7) is 9.68. The van der Waals surface area contributed by atoms with Gasteiger partial charge >= 0.3 is 11.9 Å². The summed E-state index contributed by atoms with van der Waals surface area (Å²) in [7, 11) is 0. The van der Waals surface area contributed by atoms with E-state index in [1.165, 1.54) is 25.7 Å². The van der Waals surface area contributed by atoms with Gasteiger partial charge in [-0.15, -0.1) is 0 Å². The molecule has 0 N–H and O–H groups in total. The summed E-state index contributed by atoms with van der Waals surface area (Å²) in [4.78, 5) is 23.1. The summed E-state index contributed by atoms with van der Waals surface area (Å²) >= 11 is 0. The Balaban J connectivity index is 3.56. The summed E-state index contributed by atoms with van der Waals surface area (Å²) in [6.07, 6.45) is 9.93. The minimum absolute atomic E-state index is 0.0122. The van der Waals surface area contributed by atoms with E-state index in [9.17, 15) is 9.59 Å². The molecule has 0 aromatic carbocycles. The number of unbranched alkanes of at least 4 members (excludes halogenated alkanes) is 5. The van der Waals surface area contributed by atoms with E-state index in [-0.39, 0.29) is 24.1 Å². The Hall–Kier alpha value is -1.06. The Morgan fingerprint density at radius 2 is 1.25 bits per heavy atom. The first-order valence-corrected chi connectivity index (χ1v) is 9.74. The van der Waals surface area contributed by atoms with Crippen molar-refractivity contribution < 1.29 is 19.1 Å². The molecular weight excluding hydrogens is 304 g/mol. The minimum Gasteiger partial charge on any atom is -0.463 e. The molecule has 4 heteroatoms. The van der Waals surface area contributed by atoms with Crippen molar-refractivity contribution in [1.82, 2.24) is 0 Å². The molecule has 142 valence electrons. The van der Waals surface area contributed by atoms with Crippen molar-refractivity contribution >= 4 is 11.9 Å². The van der Waals surface area contributed by atoms with Crippen LogP contribution in [-0.2, 0) is 19.1 Å². The summed E-state index contributed by atoms with van der Waals surface area (Å²) in [5.74, 6) is 0.302. The van der Waals surface area contributed by atoms with E-state index in [2.05, 4.69) is 6.92 Å². The van der Waals surface area contributed by atoms with Crippen molar-refractivity contribution in [3.05, 3.63) is 0 Å². The second-order valence-electron chi connectivity index (χ2n) is 7.22. The predicted octanol–water partition coefficient (Wildman–Crippen LogP) is 5.43. The molecule has 0 heterocycles. The SMILES string of the molecule is CCC(CCCCCCCCC(=O)OC(C)C)CC(=O)OC(C)C. The smallest absolute Gasteiger partial charge is 0.306 e. The lowest BCUT2D eigenvalue weighted by Gasteiger charge is -2.15. The first kappa shape index (κ1) is 22.9. The molecule has 0 aromatic rings. The third-order valence-corrected chi connectivity index (χ3v) is 4.01. The van der Waals surface area contributed by atoms with Crippen LogP contribution >= 0.6 is 0 Å². The first-order chi connectivity index (χ1) is 11.3. The van der Waals surface area contributed by atoms with Gasteiger partial charge in [-0.1, -0.05) is 45.4 Å². The number of hydrogen-bond donors (Lipinski definition) is 0. The van der Waals surface area contributed by atoms with Crippen LogP contribution in [0.15, 0.2) is 0 Å². The summed E-state index contributed by atoms with van der Waals surface area (Å²) in [5.41, 5.74) is 0. The van der Waals surface area contributed by atoms with E-state index in [1.54, 1.807) is 0 Å². The van der Waals surface area contributed by atoms with Crippen LogP contribution in [0.25, 0.3) is 0 Å². The van der Waals surface area contributed by atoms with Crippen LogP contribution in [-0.4, -0.2) is 24.1 Å². The number of ether oxygens (including phenoxy) is 2. The van der Waals surface area contributed by atoms with Gasteiger partial charge in [-0.3, -0.25) is 9.59 Å². The Bertz CT molecular complexity index is 337. The molecule has 1 unspecified atom stereocenters. The van der Waals surface area contributed by atoms with Crippen LogP contribution < -0.4 is 0 Å². The highest BCUT2D eigenvalue weighted by Crippen LogP contribution is 2.19. The van der Waals surface area contributed by atoms with Gasteiger partial charge < -0.3 is 9.47 Å². The van der Waals surface area contributed by atoms with Crippen molar-refractivity contribution in [2.75, 3.05) is 0 Å². The Kier molecular flexibility index (Phi) is 13.7. The Morgan fingerprint density at radius 1 is 0.750 bits per heavy atom. The number of rotatable bonds is 14. The molecule has 4 nitrogen and oxygen atoms in total. The maximum Gasteiger partial charge on any atom is 0.306 e. The van der Waals surface area contributed by atoms with Crippen molar-refractivity contribution in [2.24, 2.45) is 5.92 Å². The monoisotopic (exact) mass is 342 g/mol. The van der Waals surface area contributed by atoms with Crippen LogP contribution in [0.2, 0.25) is 0 Å². The highest BCUT2D eigenvalue weighted by atomic mass is 16.5. The first-order valence-electron chi connectivity index (χ1n) is 9.74. The normalized spacial score (nSPS) is 12.5. The van der Waals surface area contributed by atoms with Gasteiger partial charge in [0.15, 0.2) is 0 Å². The van der Waals surface area contributed by atoms with E-state index in [0.29, 0.717) is 18.8 Å². The van der Waals surface area contributed by atoms with Gasteiger partial charge in [-0.25, -0.2) is 0 Å². The van der Waals surface area contributed by atoms with E-state index in [0.717, 1.165) is 25.7 Å². The molecule has 0 spiro atoms. The summed E-state index contributed by atoms with van der Waals surface area (Å²) < 4.78 is 10.3. The third kappa shape index (κ3) is 14.5. The topological polar surface area (TPSA) is 52.6 Å². The lowest BCUT2D eigenvalue weighted by Crippen LogP contribution is -2.15. The number of carbonyl (C=O) groups excluding carboxylic acids is 2. The van der Waals surface area contributed by atoms with Crippen molar-refractivity contribution in [1.29, 1.82) is 0 Å². The highest BCUT2D eigenvalue weighted by molar-refractivity contribution is 5.70. The molecule has 0 rings (SSSR count). The van der Waals surface area contributed by atoms with Crippen LogP contribution in [0.1, 0.15) is 98.8 Å². The zero-order valence-corrected chi connectivity index (χ0v) is 16.4. The fraction of sp³-hybridized carbons (Fsp3) is 0.900. The van der Waals surface area contributed by atoms with E-state index in [4.69, 9.17) is 9.47 Å². The molecule has 24 heavy (non-hydrogen) atoms. The largest absolute Gasteiger partial charge is 0.463 e. The van der Waals surface area contributed by atoms with E-state index >= 15 is 0 Å². The van der Waals surface area contributed by atoms with Gasteiger partial charge in [0.25, 0.3) is 0 Å². The zero-order valence-electron chi connectivity index (χ0n) is 16.4. The third-order valence-electron chi connectivity index (χ3n) is 4.01. The summed E-state index contributed by atoms with van der Waals surface area (Å²) in [5, 5.41) is 0. The van der Waals surface area contributed by atoms with Crippen molar-refractivity contribution in [2.45, 2.75) is 111 Å². The van der Waals surface area contributed by atoms with Crippen molar-refractivity contribution in [3.63, 3.8) is 0 Å². The van der Waals surface area contributed by atoms with Gasteiger partial charge in [0.05, 0.1) is 12.2 Å². The van der Waals surface area contributed by atoms with Gasteiger partial charge in [-0.2, -0.15) is 0 Å². The number of carbonyl (C=O) groups is 2. The average molecular weight is 343 g/mol. The molecule has 1 atom stereocenters. The zero-order chi connectivity index (χ0) is 18.4. The fourth-order valence-corrected chi connectivity index (χ4v) is 2.73. The molecule has 0 aromatic heterocycles. The van der Waals surface area contributed by atoms with Crippen LogP contribution in [0, 0.1) is 5.92 Å². The quantitative estimate of drug-likeness (QED) is 0.312. The fourth-order valence-electron chi connectivity index (χ4n) is 2.73. The van der Waals surface area contributed by atoms with Crippen molar-refractivity contribution in [3.8, 4) is 0 Å². The highest BCUT2D eigenvalue weighted by Gasteiger charge is 2.14. The number of esters is 2. The Labute approximate surface area is 148 Å². The molecular formula is C20H38O4. The second kappa shape index (κ2) is 14.3. The lowest BCUT2D eigenvalue weighted by molar-refractivity contribution is -0.149. The van der Waals surface area contributed by atoms with E-state index < -0.39 is 0 Å². The minimum atomic E-state index is -0.0796. The molecule has 0 aliphatic carbocycles. The molecule has 0 saturated carbocycles. The van der Waals surface area contributed by atoms with Gasteiger partial charge in [0.1, 0.15) is 0 Å². The molecule has 0 fully saturated rings. The Morgan fingerprint density at radius 3 is 1.79 bits per heavy atom. The molecule has 0 bridgehead atoms. The van der Waals surface area contributed by atoms with Gasteiger partial charge in [-0.05, 0) is 46.5 Å². The maximum absolute atomic E-state index is 11.7. The second-order valence-corrected chi connectivity index (χ2v) is 7.22. The van der Waals surface area contributed by atoms with Gasteiger partial charge in [0, 0.05) is 12.8 Å². The number of hydrogen-bond acceptors (Lipinski definition) is 4. The van der Waals surface area contributed by atoms with Crippen LogP contribution in [0.4, 0.5) is 0 Å². The lowest BCUT2D eigenvalue weighted by atomic mass is 9.95. The molecule has 0 aliphatic heterocycles. The molecule has 0 saturated heterocycles. The molecule has 0 aliphatic rings. The van der Waals surface area contributed by atoms with E-state index in [1.807, 2.05) is 27.7 Å². The van der Waals surface area contributed by atoms with Gasteiger partial charge in [0.2, 0.25) is 0 Å². The summed E-state index contributed by atoms with van der Waals surface area (Å²) in [6, 6.07) is 0.